The zero-order valence-electron chi connectivity index (χ0n) is 12.9. The molecule has 2 saturated heterocycles. The lowest BCUT2D eigenvalue weighted by molar-refractivity contribution is -0.273. The van der Waals surface area contributed by atoms with Crippen molar-refractivity contribution in [1.29, 1.82) is 0 Å². The third-order valence-corrected chi connectivity index (χ3v) is 4.91. The highest BCUT2D eigenvalue weighted by Crippen LogP contribution is 2.38. The number of hydrogen-bond acceptors (Lipinski definition) is 4. The van der Waals surface area contributed by atoms with Crippen molar-refractivity contribution in [1.82, 2.24) is 9.80 Å². The molecule has 128 valence electrons. The Labute approximate surface area is 128 Å². The van der Waals surface area contributed by atoms with E-state index in [9.17, 15) is 23.1 Å². The second-order valence-electron chi connectivity index (χ2n) is 6.24. The molecular weight excluding hydrogens is 301 g/mol. The van der Waals surface area contributed by atoms with E-state index in [4.69, 9.17) is 4.74 Å². The number of halogens is 3. The van der Waals surface area contributed by atoms with Crippen LogP contribution in [-0.4, -0.2) is 64.7 Å². The van der Waals surface area contributed by atoms with Crippen LogP contribution in [0.15, 0.2) is 0 Å². The number of aliphatic hydroxyl groups is 1. The quantitative estimate of drug-likeness (QED) is 0.862. The van der Waals surface area contributed by atoms with Gasteiger partial charge in [-0.15, -0.1) is 0 Å². The number of amides is 1. The van der Waals surface area contributed by atoms with E-state index in [0.29, 0.717) is 19.4 Å². The number of carbonyl (C=O) groups is 1. The maximum Gasteiger partial charge on any atom is 0.417 e. The van der Waals surface area contributed by atoms with Crippen molar-refractivity contribution in [2.45, 2.75) is 56.9 Å². The summed E-state index contributed by atoms with van der Waals surface area (Å²) in [6.07, 6.45) is -4.34. The maximum atomic E-state index is 12.8. The van der Waals surface area contributed by atoms with Gasteiger partial charge < -0.3 is 9.84 Å². The molecule has 2 aliphatic rings. The Balaban J connectivity index is 1.91. The van der Waals surface area contributed by atoms with E-state index in [1.54, 1.807) is 4.90 Å². The average Bonchev–Trinajstić information content (AvgIpc) is 2.78. The molecule has 8 heteroatoms. The number of ether oxygens (including phenoxy) is 1. The predicted molar refractivity (Wildman–Crippen MR) is 73.2 cm³/mol. The van der Waals surface area contributed by atoms with Crippen LogP contribution in [0, 0.1) is 0 Å². The molecule has 0 aliphatic carbocycles. The van der Waals surface area contributed by atoms with Gasteiger partial charge in [0.15, 0.2) is 5.60 Å². The fourth-order valence-corrected chi connectivity index (χ4v) is 3.01. The molecule has 0 atom stereocenters. The maximum absolute atomic E-state index is 12.8. The highest BCUT2D eigenvalue weighted by atomic mass is 19.4. The zero-order chi connectivity index (χ0) is 16.6. The highest BCUT2D eigenvalue weighted by Gasteiger charge is 2.54. The number of rotatable bonds is 4. The molecule has 2 rings (SSSR count). The standard InChI is InChI=1S/C14H23F3N2O3/c1-3-12(4-2)9-19(11(20)22-12)10-18-7-5-13(21,6-8-18)14(15,16)17/h21H,3-10H2,1-2H3. The highest BCUT2D eigenvalue weighted by molar-refractivity contribution is 5.70. The molecule has 0 radical (unpaired) electrons. The lowest BCUT2D eigenvalue weighted by Gasteiger charge is -2.40. The van der Waals surface area contributed by atoms with Crippen LogP contribution in [-0.2, 0) is 4.74 Å². The number of piperidine rings is 1. The molecule has 2 aliphatic heterocycles. The predicted octanol–water partition coefficient (Wildman–Crippen LogP) is 2.34. The second kappa shape index (κ2) is 5.88. The SMILES string of the molecule is CCC1(CC)CN(CN2CCC(O)(C(F)(F)F)CC2)C(=O)O1. The number of cyclic esters (lactones) is 1. The molecule has 0 aromatic carbocycles. The first kappa shape index (κ1) is 17.3. The van der Waals surface area contributed by atoms with Gasteiger partial charge in [-0.1, -0.05) is 13.8 Å². The van der Waals surface area contributed by atoms with Crippen molar-refractivity contribution in [3.63, 3.8) is 0 Å². The summed E-state index contributed by atoms with van der Waals surface area (Å²) in [6.45, 7) is 4.80. The Kier molecular flexibility index (Phi) is 4.64. The van der Waals surface area contributed by atoms with Crippen molar-refractivity contribution in [2.24, 2.45) is 0 Å². The molecule has 2 heterocycles. The number of nitrogens with zero attached hydrogens (tertiary/aromatic N) is 2. The Morgan fingerprint density at radius 2 is 1.77 bits per heavy atom. The van der Waals surface area contributed by atoms with Gasteiger partial charge in [-0.3, -0.25) is 9.80 Å². The van der Waals surface area contributed by atoms with Gasteiger partial charge in [-0.25, -0.2) is 4.79 Å². The molecule has 2 fully saturated rings. The van der Waals surface area contributed by atoms with E-state index >= 15 is 0 Å². The van der Waals surface area contributed by atoms with E-state index < -0.39 is 23.5 Å². The summed E-state index contributed by atoms with van der Waals surface area (Å²) in [4.78, 5) is 15.2. The molecule has 0 aromatic rings. The Morgan fingerprint density at radius 1 is 1.23 bits per heavy atom. The van der Waals surface area contributed by atoms with Gasteiger partial charge in [0.25, 0.3) is 0 Å². The van der Waals surface area contributed by atoms with Crippen molar-refractivity contribution in [3.05, 3.63) is 0 Å². The molecule has 0 spiro atoms. The van der Waals surface area contributed by atoms with E-state index in [1.807, 2.05) is 13.8 Å². The molecule has 22 heavy (non-hydrogen) atoms. The summed E-state index contributed by atoms with van der Waals surface area (Å²) in [5.74, 6) is 0. The first-order valence-corrected chi connectivity index (χ1v) is 7.64. The minimum absolute atomic E-state index is 0.102. The van der Waals surface area contributed by atoms with Crippen LogP contribution >= 0.6 is 0 Å². The minimum Gasteiger partial charge on any atom is -0.441 e. The Hall–Kier alpha value is -1.02. The zero-order valence-corrected chi connectivity index (χ0v) is 12.9. The van der Waals surface area contributed by atoms with Gasteiger partial charge in [-0.05, 0) is 25.7 Å². The van der Waals surface area contributed by atoms with Crippen molar-refractivity contribution in [2.75, 3.05) is 26.3 Å². The van der Waals surface area contributed by atoms with E-state index in [2.05, 4.69) is 0 Å². The topological polar surface area (TPSA) is 53.0 Å². The molecule has 0 aromatic heterocycles. The number of likely N-dealkylation sites (tertiary alicyclic amines) is 1. The Bertz CT molecular complexity index is 416. The number of hydrogen-bond donors (Lipinski definition) is 1. The molecule has 0 bridgehead atoms. The smallest absolute Gasteiger partial charge is 0.417 e. The third kappa shape index (κ3) is 3.17. The van der Waals surface area contributed by atoms with E-state index in [-0.39, 0.29) is 32.6 Å². The van der Waals surface area contributed by atoms with Crippen molar-refractivity contribution < 1.29 is 27.8 Å². The summed E-state index contributed by atoms with van der Waals surface area (Å²) >= 11 is 0. The van der Waals surface area contributed by atoms with E-state index in [0.717, 1.165) is 0 Å². The molecule has 0 saturated carbocycles. The van der Waals surface area contributed by atoms with Crippen LogP contribution in [0.25, 0.3) is 0 Å². The fraction of sp³-hybridized carbons (Fsp3) is 0.929. The van der Waals surface area contributed by atoms with Crippen molar-refractivity contribution in [3.8, 4) is 0 Å². The Morgan fingerprint density at radius 3 is 2.18 bits per heavy atom. The van der Waals surface area contributed by atoms with Gasteiger partial charge in [-0.2, -0.15) is 13.2 Å². The summed E-state index contributed by atoms with van der Waals surface area (Å²) in [6, 6.07) is 0. The first-order chi connectivity index (χ1) is 10.1. The molecule has 1 N–H and O–H groups in total. The second-order valence-corrected chi connectivity index (χ2v) is 6.24. The van der Waals surface area contributed by atoms with Gasteiger partial charge >= 0.3 is 12.3 Å². The normalized spacial score (nSPS) is 25.4. The van der Waals surface area contributed by atoms with Crippen LogP contribution in [0.2, 0.25) is 0 Å². The average molecular weight is 324 g/mol. The fourth-order valence-electron chi connectivity index (χ4n) is 3.01. The van der Waals surface area contributed by atoms with Crippen LogP contribution < -0.4 is 0 Å². The van der Waals surface area contributed by atoms with Gasteiger partial charge in [0.1, 0.15) is 5.60 Å². The number of alkyl halides is 3. The lowest BCUT2D eigenvalue weighted by atomic mass is 9.91. The summed E-state index contributed by atoms with van der Waals surface area (Å²) in [7, 11) is 0. The molecule has 5 nitrogen and oxygen atoms in total. The van der Waals surface area contributed by atoms with Crippen LogP contribution in [0.3, 0.4) is 0 Å². The third-order valence-electron chi connectivity index (χ3n) is 4.91. The van der Waals surface area contributed by atoms with Crippen molar-refractivity contribution >= 4 is 6.09 Å². The number of carbonyl (C=O) groups excluding carboxylic acids is 1. The molecule has 0 unspecified atom stereocenters. The summed E-state index contributed by atoms with van der Waals surface area (Å²) < 4.78 is 43.7. The lowest BCUT2D eigenvalue weighted by Crippen LogP contribution is -2.55. The van der Waals surface area contributed by atoms with Crippen LogP contribution in [0.1, 0.15) is 39.5 Å². The van der Waals surface area contributed by atoms with Crippen LogP contribution in [0.4, 0.5) is 18.0 Å². The molecular formula is C14H23F3N2O3. The van der Waals surface area contributed by atoms with E-state index in [1.165, 1.54) is 4.90 Å². The van der Waals surface area contributed by atoms with Gasteiger partial charge in [0.2, 0.25) is 0 Å². The molecule has 1 amide bonds. The monoisotopic (exact) mass is 324 g/mol. The van der Waals surface area contributed by atoms with Gasteiger partial charge in [0.05, 0.1) is 13.2 Å². The first-order valence-electron chi connectivity index (χ1n) is 7.64. The minimum atomic E-state index is -4.61. The largest absolute Gasteiger partial charge is 0.441 e. The summed E-state index contributed by atoms with van der Waals surface area (Å²) in [5.41, 5.74) is -3.09. The van der Waals surface area contributed by atoms with Gasteiger partial charge in [0, 0.05) is 13.1 Å². The van der Waals surface area contributed by atoms with Crippen LogP contribution in [0.5, 0.6) is 0 Å². The summed E-state index contributed by atoms with van der Waals surface area (Å²) in [5, 5.41) is 9.64.